The Morgan fingerprint density at radius 1 is 0.400 bits per heavy atom. The molecule has 0 unspecified atom stereocenters. The normalized spacial score (nSPS) is 11.6. The van der Waals surface area contributed by atoms with Crippen molar-refractivity contribution >= 4 is 53.3 Å². The molecule has 3 heterocycles. The molecule has 234 valence electrons. The fraction of sp³-hybridized carbons (Fsp3) is 0. The predicted octanol–water partition coefficient (Wildman–Crippen LogP) is 9.65. The van der Waals surface area contributed by atoms with Crippen molar-refractivity contribution in [3.63, 3.8) is 0 Å². The van der Waals surface area contributed by atoms with Crippen LogP contribution in [0.15, 0.2) is 189 Å². The molecule has 0 fully saturated rings. The molecule has 0 saturated carbocycles. The minimum Gasteiger partial charge on any atom is -0.309 e. The van der Waals surface area contributed by atoms with Crippen LogP contribution in [0, 0.1) is 0 Å². The second-order valence-electron chi connectivity index (χ2n) is 12.6. The summed E-state index contributed by atoms with van der Waals surface area (Å²) in [5.74, 6) is 0. The van der Waals surface area contributed by atoms with Gasteiger partial charge < -0.3 is 4.57 Å². The summed E-state index contributed by atoms with van der Waals surface area (Å²) in [4.78, 5) is 0. The minimum atomic E-state index is 1.07. The third kappa shape index (κ3) is 4.71. The largest absolute Gasteiger partial charge is 0.428 e. The summed E-state index contributed by atoms with van der Waals surface area (Å²) in [6.45, 7) is 0. The number of aromatic nitrogens is 4. The molecule has 0 aliphatic carbocycles. The van der Waals surface area contributed by atoms with E-state index in [0.29, 0.717) is 0 Å². The number of nitrogens with zero attached hydrogens (tertiary/aromatic N) is 4. The third-order valence-electron chi connectivity index (χ3n) is 9.63. The minimum absolute atomic E-state index is 1.07. The summed E-state index contributed by atoms with van der Waals surface area (Å²) in [5.41, 5.74) is 9.25. The second-order valence-corrected chi connectivity index (χ2v) is 13.7. The molecule has 50 heavy (non-hydrogen) atoms. The molecule has 7 aromatic carbocycles. The van der Waals surface area contributed by atoms with Crippen LogP contribution in [0.3, 0.4) is 0 Å². The van der Waals surface area contributed by atoms with Crippen molar-refractivity contribution in [3.8, 4) is 33.9 Å². The molecule has 0 saturated heterocycles. The lowest BCUT2D eigenvalue weighted by atomic mass is 10.0. The van der Waals surface area contributed by atoms with Gasteiger partial charge in [-0.05, 0) is 41.5 Å². The molecule has 0 bridgehead atoms. The average Bonchev–Trinajstić information content (AvgIpc) is 3.74. The van der Waals surface area contributed by atoms with E-state index in [-0.39, 0.29) is 0 Å². The van der Waals surface area contributed by atoms with Crippen LogP contribution in [0.2, 0.25) is 0 Å². The topological polar surface area (TPSA) is 16.6 Å². The number of hydrogen-bond donors (Lipinski definition) is 0. The lowest BCUT2D eigenvalue weighted by Crippen LogP contribution is -2.55. The summed E-state index contributed by atoms with van der Waals surface area (Å²) in [5, 5.41) is 5.14. The van der Waals surface area contributed by atoms with Crippen LogP contribution < -0.4 is 13.7 Å². The van der Waals surface area contributed by atoms with Crippen molar-refractivity contribution in [1.29, 1.82) is 0 Å². The van der Waals surface area contributed by atoms with Crippen molar-refractivity contribution in [2.45, 2.75) is 0 Å². The Morgan fingerprint density at radius 3 is 1.74 bits per heavy atom. The first-order valence-electron chi connectivity index (χ1n) is 16.8. The van der Waals surface area contributed by atoms with Crippen LogP contribution in [0.25, 0.3) is 75.9 Å². The molecule has 0 aliphatic heterocycles. The zero-order valence-corrected chi connectivity index (χ0v) is 27.9. The zero-order chi connectivity index (χ0) is 33.0. The highest BCUT2D eigenvalue weighted by molar-refractivity contribution is 7.26. The van der Waals surface area contributed by atoms with Gasteiger partial charge in [0.2, 0.25) is 17.1 Å². The molecule has 0 aliphatic rings. The van der Waals surface area contributed by atoms with Crippen LogP contribution in [0.4, 0.5) is 0 Å². The van der Waals surface area contributed by atoms with E-state index in [2.05, 4.69) is 207 Å². The average molecular weight is 660 g/mol. The van der Waals surface area contributed by atoms with E-state index >= 15 is 0 Å². The van der Waals surface area contributed by atoms with E-state index < -0.39 is 0 Å². The fourth-order valence-electron chi connectivity index (χ4n) is 7.28. The standard InChI is InChI=1S/C45H31N4S/c1-3-13-33(14-4-1)46-29-47(34-15-5-2-6-16-34)31-48(30-46)35-17-11-18-36(28-35)49-42-23-9-7-19-38(42)41-27-32(25-26-43(41)49)37-21-12-22-40-39-20-8-10-24-44(39)50-45(37)40/h1-31H/q+3. The van der Waals surface area contributed by atoms with Crippen molar-refractivity contribution in [2.24, 2.45) is 0 Å². The fourth-order valence-corrected chi connectivity index (χ4v) is 8.52. The highest BCUT2D eigenvalue weighted by Gasteiger charge is 2.25. The monoisotopic (exact) mass is 659 g/mol. The molecule has 10 aromatic rings. The number of para-hydroxylation sites is 3. The Morgan fingerprint density at radius 2 is 0.980 bits per heavy atom. The number of benzene rings is 7. The van der Waals surface area contributed by atoms with Gasteiger partial charge in [-0.25, -0.2) is 0 Å². The van der Waals surface area contributed by atoms with Gasteiger partial charge in [0.1, 0.15) is 0 Å². The molecule has 0 amide bonds. The first kappa shape index (κ1) is 28.6. The molecule has 0 N–H and O–H groups in total. The number of thiophene rings is 1. The molecule has 10 rings (SSSR count). The predicted molar refractivity (Wildman–Crippen MR) is 204 cm³/mol. The SMILES string of the molecule is c1ccc(-[n+]2c[n+](-c3ccccc3)c[n+](-c3cccc(-n4c5ccccc5c5cc(-c6cccc7c6sc6ccccc67)ccc54)c3)c2)cc1. The summed E-state index contributed by atoms with van der Waals surface area (Å²) >= 11 is 1.88. The number of hydrogen-bond acceptors (Lipinski definition) is 1. The van der Waals surface area contributed by atoms with Gasteiger partial charge in [-0.2, -0.15) is 0 Å². The van der Waals surface area contributed by atoms with Gasteiger partial charge in [0.15, 0.2) is 0 Å². The maximum atomic E-state index is 2.40. The van der Waals surface area contributed by atoms with Crippen LogP contribution in [-0.4, -0.2) is 4.57 Å². The van der Waals surface area contributed by atoms with Gasteiger partial charge >= 0.3 is 19.0 Å². The van der Waals surface area contributed by atoms with E-state index in [1.807, 2.05) is 11.3 Å². The van der Waals surface area contributed by atoms with Crippen molar-refractivity contribution < 1.29 is 13.7 Å². The quantitative estimate of drug-likeness (QED) is 0.164. The van der Waals surface area contributed by atoms with Crippen molar-refractivity contribution in [1.82, 2.24) is 4.57 Å². The van der Waals surface area contributed by atoms with Crippen molar-refractivity contribution in [2.75, 3.05) is 0 Å². The van der Waals surface area contributed by atoms with Crippen LogP contribution in [0.1, 0.15) is 0 Å². The van der Waals surface area contributed by atoms with E-state index in [1.165, 1.54) is 53.1 Å². The Bertz CT molecular complexity index is 2810. The van der Waals surface area contributed by atoms with Gasteiger partial charge in [0, 0.05) is 67.3 Å². The highest BCUT2D eigenvalue weighted by Crippen LogP contribution is 2.41. The van der Waals surface area contributed by atoms with Crippen molar-refractivity contribution in [3.05, 3.63) is 189 Å². The molecule has 0 atom stereocenters. The second kappa shape index (κ2) is 11.6. The third-order valence-corrected chi connectivity index (χ3v) is 10.8. The Labute approximate surface area is 293 Å². The number of rotatable bonds is 5. The maximum absolute atomic E-state index is 2.40. The van der Waals surface area contributed by atoms with E-state index in [1.54, 1.807) is 0 Å². The lowest BCUT2D eigenvalue weighted by Gasteiger charge is -2.09. The molecular formula is C45H31N4S+3. The Hall–Kier alpha value is -6.43. The molecule has 5 heteroatoms. The highest BCUT2D eigenvalue weighted by atomic mass is 32.1. The van der Waals surface area contributed by atoms with Gasteiger partial charge in [0.05, 0.1) is 16.7 Å². The van der Waals surface area contributed by atoms with E-state index in [4.69, 9.17) is 0 Å². The lowest BCUT2D eigenvalue weighted by molar-refractivity contribution is -0.858. The molecule has 0 radical (unpaired) electrons. The summed E-state index contributed by atoms with van der Waals surface area (Å²) in [6, 6.07) is 60.9. The van der Waals surface area contributed by atoms with Gasteiger partial charge in [-0.1, -0.05) is 117 Å². The smallest absolute Gasteiger partial charge is 0.309 e. The molecule has 0 spiro atoms. The molecule has 4 nitrogen and oxygen atoms in total. The van der Waals surface area contributed by atoms with Crippen LogP contribution >= 0.6 is 11.3 Å². The van der Waals surface area contributed by atoms with E-state index in [0.717, 1.165) is 22.7 Å². The molecule has 3 aromatic heterocycles. The summed E-state index contributed by atoms with van der Waals surface area (Å²) in [6.07, 6.45) is 6.40. The summed E-state index contributed by atoms with van der Waals surface area (Å²) < 4.78 is 11.6. The van der Waals surface area contributed by atoms with Crippen LogP contribution in [0.5, 0.6) is 0 Å². The molecular weight excluding hydrogens is 629 g/mol. The van der Waals surface area contributed by atoms with Gasteiger partial charge in [-0.15, -0.1) is 11.3 Å². The zero-order valence-electron chi connectivity index (χ0n) is 27.1. The number of fused-ring (bicyclic) bond motifs is 6. The first-order chi connectivity index (χ1) is 24.8. The summed E-state index contributed by atoms with van der Waals surface area (Å²) in [7, 11) is 0. The van der Waals surface area contributed by atoms with Crippen LogP contribution in [-0.2, 0) is 0 Å². The Kier molecular flexibility index (Phi) is 6.64. The van der Waals surface area contributed by atoms with Gasteiger partial charge in [-0.3, -0.25) is 0 Å². The maximum Gasteiger partial charge on any atom is 0.428 e. The Balaban J connectivity index is 1.14. The van der Waals surface area contributed by atoms with Gasteiger partial charge in [0.25, 0.3) is 0 Å². The first-order valence-corrected chi connectivity index (χ1v) is 17.6. The van der Waals surface area contributed by atoms with E-state index in [9.17, 15) is 0 Å².